The zero-order valence-electron chi connectivity index (χ0n) is 20.7. The molecule has 0 bridgehead atoms. The van der Waals surface area contributed by atoms with E-state index in [1.54, 1.807) is 35.7 Å². The van der Waals surface area contributed by atoms with E-state index in [9.17, 15) is 4.79 Å². The number of nitrogens with zero attached hydrogens (tertiary/aromatic N) is 2. The number of halogens is 2. The van der Waals surface area contributed by atoms with Crippen molar-refractivity contribution < 1.29 is 9.53 Å². The molecule has 0 radical (unpaired) electrons. The van der Waals surface area contributed by atoms with Crippen molar-refractivity contribution >= 4 is 41.3 Å². The van der Waals surface area contributed by atoms with E-state index in [1.165, 1.54) is 0 Å². The van der Waals surface area contributed by atoms with Gasteiger partial charge in [0.2, 0.25) is 0 Å². The smallest absolute Gasteiger partial charge is 0.253 e. The number of amides is 1. The lowest BCUT2D eigenvalue weighted by Crippen LogP contribution is -2.26. The van der Waals surface area contributed by atoms with Crippen LogP contribution in [0.1, 0.15) is 21.5 Å². The predicted molar refractivity (Wildman–Crippen MR) is 158 cm³/mol. The zero-order chi connectivity index (χ0) is 25.6. The highest BCUT2D eigenvalue weighted by Gasteiger charge is 2.17. The highest BCUT2D eigenvalue weighted by atomic mass is 35.5. The van der Waals surface area contributed by atoms with Crippen LogP contribution in [-0.4, -0.2) is 22.8 Å². The summed E-state index contributed by atoms with van der Waals surface area (Å²) in [5.74, 6) is 0.741. The number of hydrogen-bond acceptors (Lipinski definition) is 4. The molecule has 0 unspecified atom stereocenters. The predicted octanol–water partition coefficient (Wildman–Crippen LogP) is 8.40. The van der Waals surface area contributed by atoms with Crippen LogP contribution in [0.25, 0.3) is 21.6 Å². The third kappa shape index (κ3) is 6.43. The quantitative estimate of drug-likeness (QED) is 0.191. The fraction of sp³-hybridized carbons (Fsp3) is 0.0968. The molecule has 1 amide bonds. The summed E-state index contributed by atoms with van der Waals surface area (Å²) in [6.07, 6.45) is 3.50. The van der Waals surface area contributed by atoms with E-state index in [2.05, 4.69) is 16.4 Å². The molecule has 192 valence electrons. The van der Waals surface area contributed by atoms with Gasteiger partial charge in [-0.3, -0.25) is 9.78 Å². The topological polar surface area (TPSA) is 42.4 Å². The van der Waals surface area contributed by atoms with Gasteiger partial charge in [0.25, 0.3) is 5.91 Å². The van der Waals surface area contributed by atoms with Crippen molar-refractivity contribution in [1.29, 1.82) is 0 Å². The Labute approximate surface area is 237 Å². The first-order valence-corrected chi connectivity index (χ1v) is 13.1. The molecule has 0 spiro atoms. The number of benzene rings is 3. The minimum atomic E-state index is -0.0340. The molecular formula is C31H26Cl2N2O2S. The van der Waals surface area contributed by atoms with Gasteiger partial charge in [0.15, 0.2) is 0 Å². The Kier molecular flexibility index (Phi) is 9.19. The standard InChI is InChI=1S/C31H25ClN2O2S.ClH/c1-34(20-23-8-5-16-33-19-23)31(35)25-11-9-24(10-12-25)30-27(15-17-37-30)28-18-26(32)13-14-29(28)36-21-22-6-3-2-4-7-22;/h2-19H,20-21H2,1H3;1H. The fourth-order valence-corrected chi connectivity index (χ4v) is 5.23. The third-order valence-electron chi connectivity index (χ3n) is 6.02. The van der Waals surface area contributed by atoms with Crippen LogP contribution in [-0.2, 0) is 13.2 Å². The normalized spacial score (nSPS) is 10.5. The summed E-state index contributed by atoms with van der Waals surface area (Å²) in [5.41, 5.74) is 5.75. The number of rotatable bonds is 8. The van der Waals surface area contributed by atoms with Crippen LogP contribution in [0, 0.1) is 0 Å². The number of thiophene rings is 1. The van der Waals surface area contributed by atoms with E-state index >= 15 is 0 Å². The van der Waals surface area contributed by atoms with Crippen LogP contribution in [0.15, 0.2) is 109 Å². The van der Waals surface area contributed by atoms with Gasteiger partial charge in [0.1, 0.15) is 12.4 Å². The van der Waals surface area contributed by atoms with Gasteiger partial charge >= 0.3 is 0 Å². The number of aromatic nitrogens is 1. The van der Waals surface area contributed by atoms with Crippen LogP contribution in [0.3, 0.4) is 0 Å². The van der Waals surface area contributed by atoms with Gasteiger partial charge in [-0.1, -0.05) is 60.1 Å². The van der Waals surface area contributed by atoms with Crippen molar-refractivity contribution in [3.05, 3.63) is 130 Å². The molecule has 0 N–H and O–H groups in total. The molecule has 2 aromatic heterocycles. The number of carbonyl (C=O) groups is 1. The SMILES string of the molecule is CN(Cc1cccnc1)C(=O)c1ccc(-c2sccc2-c2cc(Cl)ccc2OCc2ccccc2)cc1.Cl. The molecule has 4 nitrogen and oxygen atoms in total. The summed E-state index contributed by atoms with van der Waals surface area (Å²) < 4.78 is 6.21. The Morgan fingerprint density at radius 3 is 2.42 bits per heavy atom. The lowest BCUT2D eigenvalue weighted by molar-refractivity contribution is 0.0785. The Morgan fingerprint density at radius 1 is 0.921 bits per heavy atom. The van der Waals surface area contributed by atoms with Crippen molar-refractivity contribution in [3.8, 4) is 27.3 Å². The van der Waals surface area contributed by atoms with E-state index in [0.717, 1.165) is 38.4 Å². The zero-order valence-corrected chi connectivity index (χ0v) is 23.1. The third-order valence-corrected chi connectivity index (χ3v) is 7.22. The van der Waals surface area contributed by atoms with Gasteiger partial charge in [0, 0.05) is 52.6 Å². The summed E-state index contributed by atoms with van der Waals surface area (Å²) >= 11 is 8.04. The van der Waals surface area contributed by atoms with E-state index < -0.39 is 0 Å². The van der Waals surface area contributed by atoms with Gasteiger partial charge in [0.05, 0.1) is 0 Å². The molecule has 0 aliphatic carbocycles. The lowest BCUT2D eigenvalue weighted by atomic mass is 10.0. The average Bonchev–Trinajstić information content (AvgIpc) is 3.43. The molecule has 5 rings (SSSR count). The molecular weight excluding hydrogens is 535 g/mol. The minimum absolute atomic E-state index is 0. The highest BCUT2D eigenvalue weighted by Crippen LogP contribution is 2.42. The molecule has 0 saturated carbocycles. The monoisotopic (exact) mass is 560 g/mol. The molecule has 0 aliphatic rings. The molecule has 0 fully saturated rings. The second-order valence-electron chi connectivity index (χ2n) is 8.68. The van der Waals surface area contributed by atoms with Gasteiger partial charge in [-0.15, -0.1) is 23.7 Å². The van der Waals surface area contributed by atoms with Crippen molar-refractivity contribution in [1.82, 2.24) is 9.88 Å². The Morgan fingerprint density at radius 2 is 1.68 bits per heavy atom. The van der Waals surface area contributed by atoms with Crippen molar-refractivity contribution in [3.63, 3.8) is 0 Å². The van der Waals surface area contributed by atoms with Gasteiger partial charge in [-0.25, -0.2) is 0 Å². The van der Waals surface area contributed by atoms with Crippen LogP contribution < -0.4 is 4.74 Å². The van der Waals surface area contributed by atoms with Crippen LogP contribution in [0.5, 0.6) is 5.75 Å². The van der Waals surface area contributed by atoms with Crippen LogP contribution >= 0.6 is 35.3 Å². The van der Waals surface area contributed by atoms with Gasteiger partial charge in [-0.05, 0) is 64.5 Å². The maximum atomic E-state index is 13.0. The first-order valence-electron chi connectivity index (χ1n) is 11.9. The fourth-order valence-electron chi connectivity index (χ4n) is 4.14. The molecule has 38 heavy (non-hydrogen) atoms. The van der Waals surface area contributed by atoms with E-state index in [1.807, 2.05) is 84.9 Å². The Balaban J connectivity index is 0.00000336. The summed E-state index contributed by atoms with van der Waals surface area (Å²) in [4.78, 5) is 19.9. The Hall–Kier alpha value is -3.64. The summed E-state index contributed by atoms with van der Waals surface area (Å²) in [6, 6.07) is 29.5. The van der Waals surface area contributed by atoms with Crippen molar-refractivity contribution in [2.75, 3.05) is 7.05 Å². The molecule has 5 aromatic rings. The highest BCUT2D eigenvalue weighted by molar-refractivity contribution is 7.14. The van der Waals surface area contributed by atoms with E-state index in [4.69, 9.17) is 16.3 Å². The molecule has 3 aromatic carbocycles. The maximum Gasteiger partial charge on any atom is 0.253 e. The number of pyridine rings is 1. The average molecular weight is 562 g/mol. The molecule has 0 saturated heterocycles. The summed E-state index contributed by atoms with van der Waals surface area (Å²) in [5, 5.41) is 2.71. The number of hydrogen-bond donors (Lipinski definition) is 0. The van der Waals surface area contributed by atoms with Gasteiger partial charge < -0.3 is 9.64 Å². The summed E-state index contributed by atoms with van der Waals surface area (Å²) in [7, 11) is 1.80. The number of ether oxygens (including phenoxy) is 1. The number of carbonyl (C=O) groups excluding carboxylic acids is 1. The molecule has 0 aliphatic heterocycles. The molecule has 0 atom stereocenters. The van der Waals surface area contributed by atoms with Crippen LogP contribution in [0.4, 0.5) is 0 Å². The van der Waals surface area contributed by atoms with Crippen molar-refractivity contribution in [2.45, 2.75) is 13.2 Å². The summed E-state index contributed by atoms with van der Waals surface area (Å²) in [6.45, 7) is 0.975. The lowest BCUT2D eigenvalue weighted by Gasteiger charge is -2.17. The molecule has 2 heterocycles. The second kappa shape index (κ2) is 12.7. The van der Waals surface area contributed by atoms with Crippen molar-refractivity contribution in [2.24, 2.45) is 0 Å². The minimum Gasteiger partial charge on any atom is -0.488 e. The largest absolute Gasteiger partial charge is 0.488 e. The first-order chi connectivity index (χ1) is 18.1. The first kappa shape index (κ1) is 27.4. The van der Waals surface area contributed by atoms with Crippen LogP contribution in [0.2, 0.25) is 5.02 Å². The van der Waals surface area contributed by atoms with Gasteiger partial charge in [-0.2, -0.15) is 0 Å². The Bertz CT molecular complexity index is 1490. The molecule has 7 heteroatoms. The maximum absolute atomic E-state index is 13.0. The van der Waals surface area contributed by atoms with E-state index in [-0.39, 0.29) is 18.3 Å². The van der Waals surface area contributed by atoms with E-state index in [0.29, 0.717) is 23.7 Å². The second-order valence-corrected chi connectivity index (χ2v) is 10.0.